The number of hydrogen-bond donors (Lipinski definition) is 5. The Labute approximate surface area is 240 Å². The third-order valence-corrected chi connectivity index (χ3v) is 8.41. The molecule has 0 bridgehead atoms. The summed E-state index contributed by atoms with van der Waals surface area (Å²) in [5.74, 6) is -7.19. The molecule has 0 radical (unpaired) electrons. The van der Waals surface area contributed by atoms with Crippen molar-refractivity contribution in [1.82, 2.24) is 9.88 Å². The van der Waals surface area contributed by atoms with Crippen LogP contribution in [0.2, 0.25) is 0 Å². The van der Waals surface area contributed by atoms with Crippen molar-refractivity contribution in [1.29, 1.82) is 0 Å². The van der Waals surface area contributed by atoms with Crippen molar-refractivity contribution in [2.45, 2.75) is 30.9 Å². The highest BCUT2D eigenvalue weighted by Crippen LogP contribution is 2.53. The van der Waals surface area contributed by atoms with Crippen LogP contribution in [-0.4, -0.2) is 93.0 Å². The van der Waals surface area contributed by atoms with Crippen molar-refractivity contribution in [3.05, 3.63) is 64.1 Å². The van der Waals surface area contributed by atoms with Crippen molar-refractivity contribution in [3.8, 4) is 17.0 Å². The number of aromatic hydroxyl groups is 1. The van der Waals surface area contributed by atoms with E-state index >= 15 is 0 Å². The molecule has 0 aliphatic heterocycles. The summed E-state index contributed by atoms with van der Waals surface area (Å²) in [6.07, 6.45) is 1.81. The number of fused-ring (bicyclic) bond motifs is 3. The number of carbonyl (C=O) groups excluding carboxylic acids is 4. The molecule has 1 fully saturated rings. The number of pyridine rings is 1. The zero-order valence-corrected chi connectivity index (χ0v) is 23.2. The van der Waals surface area contributed by atoms with E-state index in [1.807, 2.05) is 0 Å². The lowest BCUT2D eigenvalue weighted by Gasteiger charge is -2.50. The Balaban J connectivity index is 1.63. The van der Waals surface area contributed by atoms with Crippen LogP contribution in [-0.2, 0) is 36.8 Å². The molecule has 12 nitrogen and oxygen atoms in total. The topological polar surface area (TPSA) is 201 Å². The van der Waals surface area contributed by atoms with Crippen LogP contribution in [0.3, 0.4) is 0 Å². The van der Waals surface area contributed by atoms with E-state index in [0.717, 1.165) is 0 Å². The number of ketones is 3. The minimum Gasteiger partial charge on any atom is -0.508 e. The molecule has 0 spiro atoms. The number of aromatic nitrogens is 1. The molecule has 42 heavy (non-hydrogen) atoms. The van der Waals surface area contributed by atoms with Gasteiger partial charge in [0.2, 0.25) is 5.78 Å². The maximum absolute atomic E-state index is 14.0. The molecule has 5 rings (SSSR count). The number of nitrogens with two attached hydrogens (primary N) is 1. The number of phenols is 1. The molecular formula is C30H31N3O9. The number of hydrogen-bond acceptors (Lipinski definition) is 11. The third kappa shape index (κ3) is 4.30. The van der Waals surface area contributed by atoms with Gasteiger partial charge >= 0.3 is 0 Å². The van der Waals surface area contributed by atoms with Crippen LogP contribution in [0.5, 0.6) is 5.75 Å². The highest BCUT2D eigenvalue weighted by atomic mass is 16.5. The van der Waals surface area contributed by atoms with Gasteiger partial charge in [-0.3, -0.25) is 29.1 Å². The predicted molar refractivity (Wildman–Crippen MR) is 148 cm³/mol. The number of rotatable bonds is 7. The Morgan fingerprint density at radius 3 is 2.45 bits per heavy atom. The number of aliphatic hydroxyl groups is 3. The number of amides is 1. The van der Waals surface area contributed by atoms with E-state index in [0.29, 0.717) is 22.4 Å². The standard InChI is InChI=1S/C30H31N3O9/c1-33(2)24-18-10-14-9-17-16(19-6-4-13(11-32-19)8-15(34)12-42-3)5-7-20(35)22(17)25(36)21(14)27(38)30(18,41)28(39)23(26(24)37)29(31)40/h4-7,11,14,18,24,35-36,39,41H,8-10,12H2,1-3H3,(H2,31,40)/t14-,18-,24+,30-/m0/s1. The second-order valence-corrected chi connectivity index (χ2v) is 11.1. The number of methoxy groups -OCH3 is 1. The van der Waals surface area contributed by atoms with Crippen LogP contribution in [0.25, 0.3) is 17.0 Å². The number of primary amides is 1. The lowest BCUT2D eigenvalue weighted by molar-refractivity contribution is -0.153. The van der Waals surface area contributed by atoms with Crippen LogP contribution < -0.4 is 5.73 Å². The number of Topliss-reactive ketones (excluding diaryl/α,β-unsaturated/α-hetero) is 3. The minimum atomic E-state index is -2.70. The molecule has 3 aliphatic rings. The van der Waals surface area contributed by atoms with E-state index in [-0.39, 0.29) is 48.5 Å². The van der Waals surface area contributed by atoms with Gasteiger partial charge in [-0.05, 0) is 62.2 Å². The molecular weight excluding hydrogens is 546 g/mol. The van der Waals surface area contributed by atoms with Gasteiger partial charge in [0.15, 0.2) is 17.2 Å². The SMILES string of the molecule is COCC(=O)Cc1ccc(-c2ccc(O)c3c2C[C@H]2C[C@H]4[C@@H](N(C)C)C(=O)C(C(N)=O)=C(O)[C@@]4(O)C(=O)C2=C3O)nc1. The molecule has 4 atom stereocenters. The summed E-state index contributed by atoms with van der Waals surface area (Å²) in [6, 6.07) is 5.26. The smallest absolute Gasteiger partial charge is 0.255 e. The van der Waals surface area contributed by atoms with Gasteiger partial charge in [-0.2, -0.15) is 0 Å². The fourth-order valence-electron chi connectivity index (χ4n) is 6.61. The lowest BCUT2D eigenvalue weighted by atomic mass is 9.57. The summed E-state index contributed by atoms with van der Waals surface area (Å²) in [7, 11) is 4.52. The Morgan fingerprint density at radius 2 is 1.86 bits per heavy atom. The van der Waals surface area contributed by atoms with Gasteiger partial charge in [0.05, 0.1) is 17.3 Å². The highest BCUT2D eigenvalue weighted by molar-refractivity contribution is 6.24. The Hall–Kier alpha value is -4.39. The van der Waals surface area contributed by atoms with Crippen LogP contribution in [0.1, 0.15) is 23.1 Å². The number of carbonyl (C=O) groups is 4. The number of phenolic OH excluding ortho intramolecular Hbond substituents is 1. The van der Waals surface area contributed by atoms with E-state index in [9.17, 15) is 39.6 Å². The van der Waals surface area contributed by atoms with E-state index in [4.69, 9.17) is 10.5 Å². The molecule has 0 saturated heterocycles. The van der Waals surface area contributed by atoms with Gasteiger partial charge in [-0.25, -0.2) is 0 Å². The molecule has 2 aromatic rings. The summed E-state index contributed by atoms with van der Waals surface area (Å²) in [6.45, 7) is -0.0188. The quantitative estimate of drug-likeness (QED) is 0.291. The first kappa shape index (κ1) is 29.1. The molecule has 12 heteroatoms. The number of nitrogens with zero attached hydrogens (tertiary/aromatic N) is 2. The molecule has 1 aromatic heterocycles. The molecule has 6 N–H and O–H groups in total. The molecule has 3 aliphatic carbocycles. The number of benzene rings is 1. The Morgan fingerprint density at radius 1 is 1.14 bits per heavy atom. The van der Waals surface area contributed by atoms with Crippen molar-refractivity contribution in [3.63, 3.8) is 0 Å². The van der Waals surface area contributed by atoms with Crippen LogP contribution in [0.15, 0.2) is 47.4 Å². The van der Waals surface area contributed by atoms with Crippen LogP contribution in [0.4, 0.5) is 0 Å². The zero-order chi connectivity index (χ0) is 30.7. The second kappa shape index (κ2) is 10.5. The fraction of sp³-hybridized carbons (Fsp3) is 0.367. The van der Waals surface area contributed by atoms with Crippen molar-refractivity contribution < 1.29 is 44.3 Å². The molecule has 220 valence electrons. The number of likely N-dealkylation sites (N-methyl/N-ethyl adjacent to an activating group) is 1. The Bertz CT molecular complexity index is 1590. The van der Waals surface area contributed by atoms with Gasteiger partial charge in [-0.1, -0.05) is 6.07 Å². The highest BCUT2D eigenvalue weighted by Gasteiger charge is 2.64. The third-order valence-electron chi connectivity index (χ3n) is 8.41. The molecule has 1 aromatic carbocycles. The summed E-state index contributed by atoms with van der Waals surface area (Å²) in [4.78, 5) is 57.2. The molecule has 1 heterocycles. The van der Waals surface area contributed by atoms with Gasteiger partial charge in [0, 0.05) is 36.8 Å². The molecule has 1 saturated carbocycles. The van der Waals surface area contributed by atoms with E-state index in [1.165, 1.54) is 18.1 Å². The van der Waals surface area contributed by atoms with Crippen molar-refractivity contribution in [2.75, 3.05) is 27.8 Å². The monoisotopic (exact) mass is 577 g/mol. The summed E-state index contributed by atoms with van der Waals surface area (Å²) < 4.78 is 4.87. The van der Waals surface area contributed by atoms with Gasteiger partial charge in [0.1, 0.15) is 29.4 Å². The Kier molecular flexibility index (Phi) is 7.25. The molecule has 0 unspecified atom stereocenters. The first-order valence-corrected chi connectivity index (χ1v) is 13.3. The summed E-state index contributed by atoms with van der Waals surface area (Å²) in [5.41, 5.74) is 3.78. The fourth-order valence-corrected chi connectivity index (χ4v) is 6.61. The van der Waals surface area contributed by atoms with E-state index < -0.39 is 58.0 Å². The van der Waals surface area contributed by atoms with E-state index in [2.05, 4.69) is 4.98 Å². The van der Waals surface area contributed by atoms with Crippen molar-refractivity contribution in [2.24, 2.45) is 17.6 Å². The number of aliphatic hydroxyl groups excluding tert-OH is 2. The first-order valence-electron chi connectivity index (χ1n) is 13.3. The lowest BCUT2D eigenvalue weighted by Crippen LogP contribution is -2.65. The maximum atomic E-state index is 14.0. The normalized spacial score (nSPS) is 25.3. The van der Waals surface area contributed by atoms with Crippen molar-refractivity contribution >= 4 is 29.0 Å². The summed E-state index contributed by atoms with van der Waals surface area (Å²) >= 11 is 0. The largest absolute Gasteiger partial charge is 0.508 e. The van der Waals surface area contributed by atoms with E-state index in [1.54, 1.807) is 38.5 Å². The van der Waals surface area contributed by atoms with Gasteiger partial charge in [-0.15, -0.1) is 0 Å². The number of ether oxygens (including phenoxy) is 1. The summed E-state index contributed by atoms with van der Waals surface area (Å²) in [5, 5.41) is 44.8. The van der Waals surface area contributed by atoms with Gasteiger partial charge in [0.25, 0.3) is 5.91 Å². The average Bonchev–Trinajstić information content (AvgIpc) is 2.91. The van der Waals surface area contributed by atoms with Crippen LogP contribution in [0, 0.1) is 11.8 Å². The average molecular weight is 578 g/mol. The van der Waals surface area contributed by atoms with Crippen LogP contribution >= 0.6 is 0 Å². The molecule has 1 amide bonds. The van der Waals surface area contributed by atoms with Gasteiger partial charge < -0.3 is 30.9 Å². The predicted octanol–water partition coefficient (Wildman–Crippen LogP) is 0.784. The second-order valence-electron chi connectivity index (χ2n) is 11.1. The first-order chi connectivity index (χ1) is 19.8. The zero-order valence-electron chi connectivity index (χ0n) is 23.2. The maximum Gasteiger partial charge on any atom is 0.255 e. The minimum absolute atomic E-state index is 0.0188.